The van der Waals surface area contributed by atoms with Gasteiger partial charge in [-0.15, -0.1) is 0 Å². The Hall–Kier alpha value is -3.23. The standard InChI is InChI=1S/C35H44ClN5O3/c1-24-38-32(40-44-24)23-35(27-8-3-2-4-9-27)16-19-41(20-17-35)34(43)31(21-25-11-13-28(36)14-12-25)39-33(42)22-30-29-10-6-5-7-26(29)15-18-37-30/h5-7,10-14,27,30-31,37H,2-4,8-9,15-23H2,1H3,(H,39,42)/t30?,31-/m1/s1. The molecule has 234 valence electrons. The van der Waals surface area contributed by atoms with Gasteiger partial charge in [-0.05, 0) is 78.8 Å². The average Bonchev–Trinajstić information content (AvgIpc) is 3.46. The van der Waals surface area contributed by atoms with Crippen molar-refractivity contribution in [2.45, 2.75) is 89.6 Å². The summed E-state index contributed by atoms with van der Waals surface area (Å²) in [7, 11) is 0. The Kier molecular flexibility index (Phi) is 9.67. The number of nitrogens with one attached hydrogen (secondary N) is 2. The molecule has 9 heteroatoms. The largest absolute Gasteiger partial charge is 0.344 e. The molecule has 3 heterocycles. The molecule has 1 unspecified atom stereocenters. The summed E-state index contributed by atoms with van der Waals surface area (Å²) in [5.74, 6) is 1.84. The summed E-state index contributed by atoms with van der Waals surface area (Å²) >= 11 is 6.15. The molecule has 2 fully saturated rings. The van der Waals surface area contributed by atoms with Crippen LogP contribution in [0.4, 0.5) is 0 Å². The summed E-state index contributed by atoms with van der Waals surface area (Å²) in [6, 6.07) is 15.1. The summed E-state index contributed by atoms with van der Waals surface area (Å²) in [6.07, 6.45) is 10.5. The minimum absolute atomic E-state index is 0.0158. The van der Waals surface area contributed by atoms with E-state index in [0.717, 1.165) is 43.6 Å². The van der Waals surface area contributed by atoms with Crippen LogP contribution in [0.3, 0.4) is 0 Å². The van der Waals surface area contributed by atoms with Crippen LogP contribution in [0, 0.1) is 18.3 Å². The highest BCUT2D eigenvalue weighted by molar-refractivity contribution is 6.30. The highest BCUT2D eigenvalue weighted by Crippen LogP contribution is 2.47. The topological polar surface area (TPSA) is 100 Å². The van der Waals surface area contributed by atoms with Gasteiger partial charge >= 0.3 is 0 Å². The highest BCUT2D eigenvalue weighted by atomic mass is 35.5. The minimum Gasteiger partial charge on any atom is -0.344 e. The summed E-state index contributed by atoms with van der Waals surface area (Å²) < 4.78 is 5.33. The lowest BCUT2D eigenvalue weighted by molar-refractivity contribution is -0.139. The number of likely N-dealkylation sites (tertiary alicyclic amines) is 1. The third-order valence-electron chi connectivity index (χ3n) is 10.2. The molecule has 3 aliphatic rings. The quantitative estimate of drug-likeness (QED) is 0.316. The number of hydrogen-bond acceptors (Lipinski definition) is 6. The number of nitrogens with zero attached hydrogens (tertiary/aromatic N) is 3. The molecule has 44 heavy (non-hydrogen) atoms. The average molecular weight is 618 g/mol. The third-order valence-corrected chi connectivity index (χ3v) is 10.5. The Morgan fingerprint density at radius 2 is 1.84 bits per heavy atom. The fourth-order valence-electron chi connectivity index (χ4n) is 7.84. The molecule has 1 saturated heterocycles. The van der Waals surface area contributed by atoms with Gasteiger partial charge in [0.05, 0.1) is 0 Å². The Morgan fingerprint density at radius 1 is 1.09 bits per heavy atom. The van der Waals surface area contributed by atoms with Crippen LogP contribution in [0.25, 0.3) is 0 Å². The molecule has 2 amide bonds. The normalized spacial score (nSPS) is 21.0. The number of carbonyl (C=O) groups excluding carboxylic acids is 2. The number of carbonyl (C=O) groups is 2. The van der Waals surface area contributed by atoms with Gasteiger partial charge in [-0.3, -0.25) is 9.59 Å². The Balaban J connectivity index is 1.16. The van der Waals surface area contributed by atoms with Crippen LogP contribution in [-0.2, 0) is 28.9 Å². The van der Waals surface area contributed by atoms with Crippen LogP contribution < -0.4 is 10.6 Å². The van der Waals surface area contributed by atoms with Crippen LogP contribution in [0.1, 0.15) is 85.8 Å². The number of amides is 2. The van der Waals surface area contributed by atoms with Crippen molar-refractivity contribution in [3.05, 3.63) is 82.0 Å². The minimum atomic E-state index is -0.649. The van der Waals surface area contributed by atoms with Gasteiger partial charge in [0.1, 0.15) is 6.04 Å². The third kappa shape index (κ3) is 7.18. The van der Waals surface area contributed by atoms with E-state index in [-0.39, 0.29) is 29.7 Å². The second-order valence-electron chi connectivity index (χ2n) is 13.0. The molecular weight excluding hydrogens is 574 g/mol. The first-order chi connectivity index (χ1) is 21.4. The Bertz CT molecular complexity index is 1430. The highest BCUT2D eigenvalue weighted by Gasteiger charge is 2.44. The molecule has 1 aromatic heterocycles. The number of piperidine rings is 1. The van der Waals surface area contributed by atoms with Gasteiger partial charge in [-0.1, -0.05) is 72.4 Å². The fourth-order valence-corrected chi connectivity index (χ4v) is 7.96. The van der Waals surface area contributed by atoms with Gasteiger partial charge in [0.25, 0.3) is 0 Å². The number of fused-ring (bicyclic) bond motifs is 1. The van der Waals surface area contributed by atoms with E-state index in [0.29, 0.717) is 36.3 Å². The lowest BCUT2D eigenvalue weighted by Gasteiger charge is -2.48. The SMILES string of the molecule is Cc1nc(CC2(C3CCCCC3)CCN(C(=O)[C@@H](Cc3ccc(Cl)cc3)NC(=O)CC3NCCc4ccccc43)CC2)no1. The number of aromatic nitrogens is 2. The van der Waals surface area contributed by atoms with Crippen molar-refractivity contribution in [1.82, 2.24) is 25.7 Å². The van der Waals surface area contributed by atoms with E-state index in [9.17, 15) is 9.59 Å². The molecule has 8 nitrogen and oxygen atoms in total. The maximum atomic E-state index is 14.2. The van der Waals surface area contributed by atoms with Gasteiger partial charge in [0.2, 0.25) is 17.7 Å². The molecule has 1 aliphatic carbocycles. The van der Waals surface area contributed by atoms with Crippen LogP contribution >= 0.6 is 11.6 Å². The Labute approximate surface area is 265 Å². The lowest BCUT2D eigenvalue weighted by Crippen LogP contribution is -2.54. The van der Waals surface area contributed by atoms with Crippen molar-refractivity contribution in [2.24, 2.45) is 11.3 Å². The van der Waals surface area contributed by atoms with E-state index < -0.39 is 6.04 Å². The van der Waals surface area contributed by atoms with E-state index in [4.69, 9.17) is 16.1 Å². The zero-order valence-corrected chi connectivity index (χ0v) is 26.5. The zero-order chi connectivity index (χ0) is 30.5. The van der Waals surface area contributed by atoms with Crippen LogP contribution in [-0.4, -0.2) is 52.5 Å². The zero-order valence-electron chi connectivity index (χ0n) is 25.7. The summed E-state index contributed by atoms with van der Waals surface area (Å²) in [6.45, 7) is 4.00. The number of aryl methyl sites for hydroxylation is 1. The summed E-state index contributed by atoms with van der Waals surface area (Å²) in [5, 5.41) is 11.5. The molecule has 2 N–H and O–H groups in total. The van der Waals surface area contributed by atoms with Crippen LogP contribution in [0.5, 0.6) is 0 Å². The first kappa shape index (κ1) is 30.8. The number of benzene rings is 2. The molecule has 2 aliphatic heterocycles. The van der Waals surface area contributed by atoms with Crippen molar-refractivity contribution in [3.8, 4) is 0 Å². The second-order valence-corrected chi connectivity index (χ2v) is 13.5. The van der Waals surface area contributed by atoms with Gasteiger partial charge in [0, 0.05) is 50.3 Å². The van der Waals surface area contributed by atoms with E-state index in [1.54, 1.807) is 0 Å². The van der Waals surface area contributed by atoms with Gasteiger partial charge in [-0.2, -0.15) is 4.98 Å². The predicted octanol–water partition coefficient (Wildman–Crippen LogP) is 5.77. The van der Waals surface area contributed by atoms with Gasteiger partial charge in [-0.25, -0.2) is 0 Å². The molecule has 1 saturated carbocycles. The van der Waals surface area contributed by atoms with E-state index in [1.807, 2.05) is 48.2 Å². The van der Waals surface area contributed by atoms with Crippen molar-refractivity contribution in [1.29, 1.82) is 0 Å². The van der Waals surface area contributed by atoms with Crippen LogP contribution in [0.15, 0.2) is 53.1 Å². The van der Waals surface area contributed by atoms with Crippen molar-refractivity contribution >= 4 is 23.4 Å². The van der Waals surface area contributed by atoms with Crippen molar-refractivity contribution in [3.63, 3.8) is 0 Å². The smallest absolute Gasteiger partial charge is 0.245 e. The fraction of sp³-hybridized carbons (Fsp3) is 0.543. The number of halogens is 1. The Morgan fingerprint density at radius 3 is 2.57 bits per heavy atom. The molecule has 0 radical (unpaired) electrons. The maximum absolute atomic E-state index is 14.2. The van der Waals surface area contributed by atoms with E-state index >= 15 is 0 Å². The molecule has 0 bridgehead atoms. The van der Waals surface area contributed by atoms with Gasteiger partial charge < -0.3 is 20.1 Å². The number of hydrogen-bond donors (Lipinski definition) is 2. The molecule has 2 atom stereocenters. The molecule has 6 rings (SSSR count). The molecule has 2 aromatic carbocycles. The maximum Gasteiger partial charge on any atom is 0.245 e. The monoisotopic (exact) mass is 617 g/mol. The summed E-state index contributed by atoms with van der Waals surface area (Å²) in [4.78, 5) is 34.2. The molecular formula is C35H44ClN5O3. The van der Waals surface area contributed by atoms with E-state index in [1.165, 1.54) is 43.2 Å². The second kappa shape index (κ2) is 13.8. The first-order valence-electron chi connectivity index (χ1n) is 16.3. The molecule has 0 spiro atoms. The number of rotatable bonds is 9. The van der Waals surface area contributed by atoms with Gasteiger partial charge in [0.15, 0.2) is 5.82 Å². The molecule has 3 aromatic rings. The summed E-state index contributed by atoms with van der Waals surface area (Å²) in [5.41, 5.74) is 3.47. The first-order valence-corrected chi connectivity index (χ1v) is 16.7. The van der Waals surface area contributed by atoms with Crippen molar-refractivity contribution < 1.29 is 14.1 Å². The van der Waals surface area contributed by atoms with E-state index in [2.05, 4.69) is 32.9 Å². The predicted molar refractivity (Wildman–Crippen MR) is 170 cm³/mol. The lowest BCUT2D eigenvalue weighted by atomic mass is 9.62. The van der Waals surface area contributed by atoms with Crippen molar-refractivity contribution in [2.75, 3.05) is 19.6 Å². The van der Waals surface area contributed by atoms with Crippen LogP contribution in [0.2, 0.25) is 5.02 Å².